The van der Waals surface area contributed by atoms with E-state index in [4.69, 9.17) is 16.6 Å². The van der Waals surface area contributed by atoms with Gasteiger partial charge in [0.2, 0.25) is 0 Å². The molecule has 1 aliphatic heterocycles. The number of pyridine rings is 1. The van der Waals surface area contributed by atoms with Crippen molar-refractivity contribution in [2.75, 3.05) is 13.1 Å². The fraction of sp³-hybridized carbons (Fsp3) is 0.273. The van der Waals surface area contributed by atoms with E-state index in [0.717, 1.165) is 53.7 Å². The standard InChI is InChI=1S/C22H21ClN2O.ClH/c23-19-7-3-1-6-17(19)21-14-18(16-5-2-4-8-20(16)25-21)22(26)13-15-9-11-24-12-10-15;/h1-8,14-15,24H,9-13H2;1H. The van der Waals surface area contributed by atoms with E-state index in [1.165, 1.54) is 0 Å². The van der Waals surface area contributed by atoms with E-state index in [1.54, 1.807) is 0 Å². The largest absolute Gasteiger partial charge is 0.317 e. The zero-order valence-corrected chi connectivity index (χ0v) is 16.5. The number of halogens is 2. The molecule has 4 rings (SSSR count). The Balaban J connectivity index is 0.00000210. The molecule has 3 aromatic rings. The van der Waals surface area contributed by atoms with Crippen LogP contribution in [0.15, 0.2) is 54.6 Å². The topological polar surface area (TPSA) is 42.0 Å². The van der Waals surface area contributed by atoms with Crippen LogP contribution >= 0.6 is 24.0 Å². The Kier molecular flexibility index (Phi) is 6.48. The second-order valence-corrected chi connectivity index (χ2v) is 7.28. The zero-order chi connectivity index (χ0) is 17.9. The van der Waals surface area contributed by atoms with E-state index in [-0.39, 0.29) is 18.2 Å². The van der Waals surface area contributed by atoms with Gasteiger partial charge in [0, 0.05) is 28.0 Å². The fourth-order valence-electron chi connectivity index (χ4n) is 3.67. The Morgan fingerprint density at radius 3 is 2.56 bits per heavy atom. The molecule has 2 aromatic carbocycles. The third-order valence-electron chi connectivity index (χ3n) is 5.10. The molecule has 5 heteroatoms. The number of para-hydroxylation sites is 1. The maximum absolute atomic E-state index is 13.1. The number of carbonyl (C=O) groups excluding carboxylic acids is 1. The highest BCUT2D eigenvalue weighted by molar-refractivity contribution is 6.33. The molecule has 3 nitrogen and oxygen atoms in total. The summed E-state index contributed by atoms with van der Waals surface area (Å²) in [5.74, 6) is 0.656. The summed E-state index contributed by atoms with van der Waals surface area (Å²) in [5, 5.41) is 4.92. The average molecular weight is 401 g/mol. The molecule has 2 heterocycles. The van der Waals surface area contributed by atoms with E-state index in [1.807, 2.05) is 54.6 Å². The van der Waals surface area contributed by atoms with Crippen molar-refractivity contribution in [1.82, 2.24) is 10.3 Å². The summed E-state index contributed by atoms with van der Waals surface area (Å²) in [6.07, 6.45) is 2.72. The Morgan fingerprint density at radius 1 is 1.07 bits per heavy atom. The predicted molar refractivity (Wildman–Crippen MR) is 114 cm³/mol. The molecule has 1 N–H and O–H groups in total. The molecule has 1 fully saturated rings. The van der Waals surface area contributed by atoms with Crippen LogP contribution in [0, 0.1) is 5.92 Å². The monoisotopic (exact) mass is 400 g/mol. The smallest absolute Gasteiger partial charge is 0.163 e. The minimum Gasteiger partial charge on any atom is -0.317 e. The molecule has 0 aliphatic carbocycles. The van der Waals surface area contributed by atoms with Crippen LogP contribution in [0.4, 0.5) is 0 Å². The molecule has 0 saturated carbocycles. The van der Waals surface area contributed by atoms with E-state index in [9.17, 15) is 4.79 Å². The first-order valence-corrected chi connectivity index (χ1v) is 9.49. The van der Waals surface area contributed by atoms with Crippen molar-refractivity contribution in [1.29, 1.82) is 0 Å². The van der Waals surface area contributed by atoms with Crippen LogP contribution in [0.1, 0.15) is 29.6 Å². The van der Waals surface area contributed by atoms with Gasteiger partial charge in [-0.25, -0.2) is 4.98 Å². The summed E-state index contributed by atoms with van der Waals surface area (Å²) in [5.41, 5.74) is 3.20. The molecular weight excluding hydrogens is 379 g/mol. The number of carbonyl (C=O) groups is 1. The molecule has 0 unspecified atom stereocenters. The lowest BCUT2D eigenvalue weighted by molar-refractivity contribution is 0.0954. The molecule has 140 valence electrons. The number of hydrogen-bond acceptors (Lipinski definition) is 3. The molecule has 0 radical (unpaired) electrons. The van der Waals surface area contributed by atoms with Gasteiger partial charge in [-0.15, -0.1) is 12.4 Å². The fourth-order valence-corrected chi connectivity index (χ4v) is 3.90. The normalized spacial score (nSPS) is 14.7. The first kappa shape index (κ1) is 19.8. The Labute approximate surface area is 170 Å². The van der Waals surface area contributed by atoms with E-state index in [2.05, 4.69) is 5.32 Å². The van der Waals surface area contributed by atoms with Gasteiger partial charge in [-0.1, -0.05) is 48.0 Å². The van der Waals surface area contributed by atoms with Crippen molar-refractivity contribution in [3.8, 4) is 11.3 Å². The van der Waals surface area contributed by atoms with Gasteiger partial charge in [0.25, 0.3) is 0 Å². The van der Waals surface area contributed by atoms with Crippen molar-refractivity contribution in [2.24, 2.45) is 5.92 Å². The molecule has 1 aromatic heterocycles. The number of fused-ring (bicyclic) bond motifs is 1. The van der Waals surface area contributed by atoms with Gasteiger partial charge in [-0.2, -0.15) is 0 Å². The van der Waals surface area contributed by atoms with Crippen LogP contribution in [0.25, 0.3) is 22.2 Å². The molecule has 0 bridgehead atoms. The maximum atomic E-state index is 13.1. The summed E-state index contributed by atoms with van der Waals surface area (Å²) in [7, 11) is 0. The van der Waals surface area contributed by atoms with Crippen molar-refractivity contribution in [2.45, 2.75) is 19.3 Å². The summed E-state index contributed by atoms with van der Waals surface area (Å²) in [6.45, 7) is 2.00. The number of ketones is 1. The average Bonchev–Trinajstić information content (AvgIpc) is 2.68. The van der Waals surface area contributed by atoms with Crippen LogP contribution in [-0.2, 0) is 0 Å². The number of piperidine rings is 1. The van der Waals surface area contributed by atoms with Gasteiger partial charge < -0.3 is 5.32 Å². The van der Waals surface area contributed by atoms with Gasteiger partial charge in [0.1, 0.15) is 0 Å². The summed E-state index contributed by atoms with van der Waals surface area (Å²) < 4.78 is 0. The van der Waals surface area contributed by atoms with Gasteiger partial charge in [0.05, 0.1) is 11.2 Å². The number of Topliss-reactive ketones (excluding diaryl/α,β-unsaturated/α-hetero) is 1. The minimum atomic E-state index is 0. The first-order valence-electron chi connectivity index (χ1n) is 9.11. The van der Waals surface area contributed by atoms with Gasteiger partial charge in [-0.3, -0.25) is 4.79 Å². The van der Waals surface area contributed by atoms with Gasteiger partial charge in [0.15, 0.2) is 5.78 Å². The lowest BCUT2D eigenvalue weighted by Gasteiger charge is -2.22. The van der Waals surface area contributed by atoms with Crippen LogP contribution < -0.4 is 5.32 Å². The summed E-state index contributed by atoms with van der Waals surface area (Å²) >= 11 is 6.37. The van der Waals surface area contributed by atoms with E-state index in [0.29, 0.717) is 17.4 Å². The predicted octanol–water partition coefficient (Wildman–Crippen LogP) is 5.55. The maximum Gasteiger partial charge on any atom is 0.163 e. The first-order chi connectivity index (χ1) is 12.7. The Bertz CT molecular complexity index is 952. The number of hydrogen-bond donors (Lipinski definition) is 1. The van der Waals surface area contributed by atoms with Crippen LogP contribution in [0.3, 0.4) is 0 Å². The Morgan fingerprint density at radius 2 is 1.78 bits per heavy atom. The van der Waals surface area contributed by atoms with Crippen molar-refractivity contribution < 1.29 is 4.79 Å². The minimum absolute atomic E-state index is 0. The van der Waals surface area contributed by atoms with Crippen LogP contribution in [0.5, 0.6) is 0 Å². The highest BCUT2D eigenvalue weighted by Gasteiger charge is 2.20. The van der Waals surface area contributed by atoms with Gasteiger partial charge in [-0.05, 0) is 50.0 Å². The number of aromatic nitrogens is 1. The number of nitrogens with one attached hydrogen (secondary N) is 1. The number of nitrogens with zero attached hydrogens (tertiary/aromatic N) is 1. The quantitative estimate of drug-likeness (QED) is 0.583. The third kappa shape index (κ3) is 4.32. The highest BCUT2D eigenvalue weighted by Crippen LogP contribution is 2.31. The zero-order valence-electron chi connectivity index (χ0n) is 15.0. The van der Waals surface area contributed by atoms with E-state index >= 15 is 0 Å². The molecular formula is C22H22Cl2N2O. The van der Waals surface area contributed by atoms with Crippen LogP contribution in [-0.4, -0.2) is 23.9 Å². The second kappa shape index (κ2) is 8.83. The SMILES string of the molecule is Cl.O=C(CC1CCNCC1)c1cc(-c2ccccc2Cl)nc2ccccc12. The molecule has 1 aliphatic rings. The second-order valence-electron chi connectivity index (χ2n) is 6.87. The molecule has 0 spiro atoms. The van der Waals surface area contributed by atoms with Crippen molar-refractivity contribution >= 4 is 40.7 Å². The van der Waals surface area contributed by atoms with E-state index < -0.39 is 0 Å². The summed E-state index contributed by atoms with van der Waals surface area (Å²) in [6, 6.07) is 17.4. The van der Waals surface area contributed by atoms with Crippen molar-refractivity contribution in [3.05, 3.63) is 65.2 Å². The molecule has 1 saturated heterocycles. The van der Waals surface area contributed by atoms with Crippen LogP contribution in [0.2, 0.25) is 5.02 Å². The molecule has 0 atom stereocenters. The highest BCUT2D eigenvalue weighted by atomic mass is 35.5. The lowest BCUT2D eigenvalue weighted by atomic mass is 9.89. The number of benzene rings is 2. The summed E-state index contributed by atoms with van der Waals surface area (Å²) in [4.78, 5) is 17.9. The van der Waals surface area contributed by atoms with Crippen molar-refractivity contribution in [3.63, 3.8) is 0 Å². The number of rotatable bonds is 4. The lowest BCUT2D eigenvalue weighted by Crippen LogP contribution is -2.28. The molecule has 0 amide bonds. The third-order valence-corrected chi connectivity index (χ3v) is 5.43. The Hall–Kier alpha value is -1.94. The van der Waals surface area contributed by atoms with Gasteiger partial charge >= 0.3 is 0 Å². The molecule has 27 heavy (non-hydrogen) atoms.